The number of carbonyl (C=O) groups is 1. The number of rotatable bonds is 6. The van der Waals surface area contributed by atoms with Gasteiger partial charge in [0, 0.05) is 23.0 Å². The normalized spacial score (nSPS) is 10.4. The average molecular weight is 330 g/mol. The summed E-state index contributed by atoms with van der Waals surface area (Å²) in [6, 6.07) is 6.15. The van der Waals surface area contributed by atoms with Gasteiger partial charge < -0.3 is 4.90 Å². The number of amides is 1. The number of hydrogen-bond donors (Lipinski definition) is 0. The summed E-state index contributed by atoms with van der Waals surface area (Å²) in [6.45, 7) is 5.06. The molecule has 18 heavy (non-hydrogen) atoms. The van der Waals surface area contributed by atoms with Crippen molar-refractivity contribution in [3.63, 3.8) is 0 Å². The molecule has 100 valence electrons. The molecule has 0 aromatic heterocycles. The molecule has 0 spiro atoms. The largest absolute Gasteiger partial charge is 0.345 e. The van der Waals surface area contributed by atoms with Crippen LogP contribution >= 0.6 is 27.7 Å². The topological polar surface area (TPSA) is 20.3 Å². The van der Waals surface area contributed by atoms with Crippen molar-refractivity contribution in [2.45, 2.75) is 31.6 Å². The highest BCUT2D eigenvalue weighted by atomic mass is 79.9. The van der Waals surface area contributed by atoms with Crippen LogP contribution in [0.1, 0.15) is 25.3 Å². The Bertz CT molecular complexity index is 409. The number of carbonyl (C=O) groups excluding carboxylic acids is 1. The lowest BCUT2D eigenvalue weighted by Gasteiger charge is -2.16. The van der Waals surface area contributed by atoms with Gasteiger partial charge in [0.2, 0.25) is 5.91 Å². The lowest BCUT2D eigenvalue weighted by molar-refractivity contribution is -0.127. The molecule has 1 amide bonds. The van der Waals surface area contributed by atoms with Crippen molar-refractivity contribution < 1.29 is 4.79 Å². The lowest BCUT2D eigenvalue weighted by atomic mass is 10.2. The number of aryl methyl sites for hydroxylation is 1. The predicted octanol–water partition coefficient (Wildman–Crippen LogP) is 4.11. The summed E-state index contributed by atoms with van der Waals surface area (Å²) < 4.78 is 1.08. The van der Waals surface area contributed by atoms with Crippen LogP contribution in [0.4, 0.5) is 0 Å². The predicted molar refractivity (Wildman–Crippen MR) is 82.1 cm³/mol. The maximum atomic E-state index is 11.9. The van der Waals surface area contributed by atoms with Gasteiger partial charge >= 0.3 is 0 Å². The summed E-state index contributed by atoms with van der Waals surface area (Å²) in [5, 5.41) is 0. The molecule has 0 aliphatic rings. The van der Waals surface area contributed by atoms with Gasteiger partial charge in [-0.05, 0) is 37.1 Å². The first-order valence-electron chi connectivity index (χ1n) is 6.17. The van der Waals surface area contributed by atoms with E-state index in [1.165, 1.54) is 10.5 Å². The lowest BCUT2D eigenvalue weighted by Crippen LogP contribution is -2.29. The Hall–Kier alpha value is -0.480. The molecule has 0 heterocycles. The third-order valence-corrected chi connectivity index (χ3v) is 4.41. The van der Waals surface area contributed by atoms with E-state index < -0.39 is 0 Å². The van der Waals surface area contributed by atoms with Crippen LogP contribution in [0.25, 0.3) is 0 Å². The van der Waals surface area contributed by atoms with Gasteiger partial charge in [0.25, 0.3) is 0 Å². The molecular formula is C14H20BrNOS. The Morgan fingerprint density at radius 1 is 1.44 bits per heavy atom. The van der Waals surface area contributed by atoms with Crippen LogP contribution in [0.15, 0.2) is 27.6 Å². The molecule has 0 saturated carbocycles. The molecule has 0 unspecified atom stereocenters. The number of halogens is 1. The van der Waals surface area contributed by atoms with Crippen molar-refractivity contribution in [1.29, 1.82) is 0 Å². The minimum absolute atomic E-state index is 0.204. The van der Waals surface area contributed by atoms with E-state index in [0.717, 1.165) is 23.9 Å². The maximum Gasteiger partial charge on any atom is 0.232 e. The van der Waals surface area contributed by atoms with Crippen LogP contribution in [-0.2, 0) is 4.79 Å². The van der Waals surface area contributed by atoms with Gasteiger partial charge in [-0.1, -0.05) is 29.3 Å². The van der Waals surface area contributed by atoms with Gasteiger partial charge in [0.15, 0.2) is 0 Å². The van der Waals surface area contributed by atoms with Crippen LogP contribution < -0.4 is 0 Å². The van der Waals surface area contributed by atoms with Gasteiger partial charge in [-0.3, -0.25) is 4.79 Å². The van der Waals surface area contributed by atoms with E-state index in [1.807, 2.05) is 18.0 Å². The summed E-state index contributed by atoms with van der Waals surface area (Å²) >= 11 is 5.06. The molecule has 0 radical (unpaired) electrons. The molecule has 1 aromatic carbocycles. The summed E-state index contributed by atoms with van der Waals surface area (Å²) in [4.78, 5) is 14.9. The number of benzene rings is 1. The molecule has 0 saturated heterocycles. The number of nitrogens with zero attached hydrogens (tertiary/aromatic N) is 1. The zero-order valence-electron chi connectivity index (χ0n) is 11.2. The van der Waals surface area contributed by atoms with Gasteiger partial charge in [-0.2, -0.15) is 0 Å². The van der Waals surface area contributed by atoms with Crippen LogP contribution in [0, 0.1) is 6.92 Å². The van der Waals surface area contributed by atoms with Gasteiger partial charge in [-0.15, -0.1) is 11.8 Å². The third kappa shape index (κ3) is 5.02. The second-order valence-corrected chi connectivity index (χ2v) is 6.30. The highest BCUT2D eigenvalue weighted by Gasteiger charge is 2.09. The fraction of sp³-hybridized carbons (Fsp3) is 0.500. The molecule has 2 nitrogen and oxygen atoms in total. The molecule has 0 aliphatic heterocycles. The standard InChI is InChI=1S/C14H20BrNOS/c1-4-5-8-16(3)14(17)10-18-13-7-6-12(15)9-11(13)2/h6-7,9H,4-5,8,10H2,1-3H3. The molecule has 0 aliphatic carbocycles. The molecule has 0 fully saturated rings. The summed E-state index contributed by atoms with van der Waals surface area (Å²) in [6.07, 6.45) is 2.20. The van der Waals surface area contributed by atoms with E-state index >= 15 is 0 Å². The van der Waals surface area contributed by atoms with Crippen molar-refractivity contribution >= 4 is 33.6 Å². The van der Waals surface area contributed by atoms with Crippen LogP contribution in [-0.4, -0.2) is 30.2 Å². The van der Waals surface area contributed by atoms with E-state index in [4.69, 9.17) is 0 Å². The van der Waals surface area contributed by atoms with E-state index in [-0.39, 0.29) is 5.91 Å². The number of hydrogen-bond acceptors (Lipinski definition) is 2. The first-order valence-corrected chi connectivity index (χ1v) is 7.95. The first-order chi connectivity index (χ1) is 8.54. The van der Waals surface area contributed by atoms with Crippen molar-refractivity contribution in [2.24, 2.45) is 0 Å². The molecule has 1 aromatic rings. The summed E-state index contributed by atoms with van der Waals surface area (Å²) in [5.74, 6) is 0.721. The number of thioether (sulfide) groups is 1. The zero-order chi connectivity index (χ0) is 13.5. The Labute approximate surface area is 122 Å². The Kier molecular flexibility index (Phi) is 6.79. The minimum Gasteiger partial charge on any atom is -0.345 e. The monoisotopic (exact) mass is 329 g/mol. The number of unbranched alkanes of at least 4 members (excludes halogenated alkanes) is 1. The van der Waals surface area contributed by atoms with Crippen molar-refractivity contribution in [3.05, 3.63) is 28.2 Å². The highest BCUT2D eigenvalue weighted by Crippen LogP contribution is 2.25. The molecule has 1 rings (SSSR count). The fourth-order valence-electron chi connectivity index (χ4n) is 1.54. The molecule has 0 atom stereocenters. The Morgan fingerprint density at radius 2 is 2.17 bits per heavy atom. The van der Waals surface area contributed by atoms with E-state index in [1.54, 1.807) is 11.8 Å². The first kappa shape index (κ1) is 15.6. The quantitative estimate of drug-likeness (QED) is 0.732. The fourth-order valence-corrected chi connectivity index (χ4v) is 2.97. The maximum absolute atomic E-state index is 11.9. The van der Waals surface area contributed by atoms with Crippen molar-refractivity contribution in [2.75, 3.05) is 19.3 Å². The van der Waals surface area contributed by atoms with E-state index in [2.05, 4.69) is 41.9 Å². The van der Waals surface area contributed by atoms with Gasteiger partial charge in [0.1, 0.15) is 0 Å². The molecule has 0 N–H and O–H groups in total. The highest BCUT2D eigenvalue weighted by molar-refractivity contribution is 9.10. The molecular weight excluding hydrogens is 310 g/mol. The van der Waals surface area contributed by atoms with Crippen molar-refractivity contribution in [3.8, 4) is 0 Å². The average Bonchev–Trinajstić information content (AvgIpc) is 2.34. The second kappa shape index (κ2) is 7.85. The second-order valence-electron chi connectivity index (χ2n) is 4.37. The van der Waals surface area contributed by atoms with Gasteiger partial charge in [-0.25, -0.2) is 0 Å². The van der Waals surface area contributed by atoms with Crippen molar-refractivity contribution in [1.82, 2.24) is 4.90 Å². The minimum atomic E-state index is 0.204. The van der Waals surface area contributed by atoms with E-state index in [0.29, 0.717) is 5.75 Å². The third-order valence-electron chi connectivity index (χ3n) is 2.76. The smallest absolute Gasteiger partial charge is 0.232 e. The molecule has 4 heteroatoms. The Morgan fingerprint density at radius 3 is 2.78 bits per heavy atom. The zero-order valence-corrected chi connectivity index (χ0v) is 13.6. The van der Waals surface area contributed by atoms with Crippen LogP contribution in [0.5, 0.6) is 0 Å². The molecule has 0 bridgehead atoms. The van der Waals surface area contributed by atoms with Crippen LogP contribution in [0.3, 0.4) is 0 Å². The van der Waals surface area contributed by atoms with Gasteiger partial charge in [0.05, 0.1) is 5.75 Å². The van der Waals surface area contributed by atoms with E-state index in [9.17, 15) is 4.79 Å². The van der Waals surface area contributed by atoms with Crippen LogP contribution in [0.2, 0.25) is 0 Å². The SMILES string of the molecule is CCCCN(C)C(=O)CSc1ccc(Br)cc1C. The summed E-state index contributed by atoms with van der Waals surface area (Å²) in [5.41, 5.74) is 1.21. The summed E-state index contributed by atoms with van der Waals surface area (Å²) in [7, 11) is 1.88. The Balaban J connectivity index is 2.47.